The summed E-state index contributed by atoms with van der Waals surface area (Å²) in [6.07, 6.45) is 3.37. The molecule has 0 amide bonds. The molecule has 26 heavy (non-hydrogen) atoms. The minimum atomic E-state index is -0.711. The van der Waals surface area contributed by atoms with Crippen LogP contribution in [0, 0.1) is 0 Å². The molecule has 3 atom stereocenters. The Kier molecular flexibility index (Phi) is 8.54. The van der Waals surface area contributed by atoms with E-state index in [2.05, 4.69) is 28.1 Å². The maximum absolute atomic E-state index is 11.8. The second kappa shape index (κ2) is 10.4. The minimum Gasteiger partial charge on any atom is -0.468 e. The summed E-state index contributed by atoms with van der Waals surface area (Å²) >= 11 is 3.39. The zero-order valence-electron chi connectivity index (χ0n) is 15.8. The van der Waals surface area contributed by atoms with Crippen molar-refractivity contribution in [2.75, 3.05) is 13.7 Å². The SMILES string of the molecule is COC(=O)C(Br)[C@@H]1C[C@H](CCCCOCc2ccccc2)OC(C)(C)O1. The molecule has 0 saturated carbocycles. The molecule has 0 N–H and O–H groups in total. The van der Waals surface area contributed by atoms with Crippen molar-refractivity contribution in [2.45, 2.75) is 69.0 Å². The quantitative estimate of drug-likeness (QED) is 0.334. The first kappa shape index (κ1) is 21.4. The van der Waals surface area contributed by atoms with E-state index in [4.69, 9.17) is 18.9 Å². The first-order valence-electron chi connectivity index (χ1n) is 9.10. The van der Waals surface area contributed by atoms with Crippen molar-refractivity contribution in [3.8, 4) is 0 Å². The summed E-state index contributed by atoms with van der Waals surface area (Å²) in [5.41, 5.74) is 1.19. The van der Waals surface area contributed by atoms with Gasteiger partial charge in [0.25, 0.3) is 0 Å². The topological polar surface area (TPSA) is 54.0 Å². The zero-order valence-corrected chi connectivity index (χ0v) is 17.4. The van der Waals surface area contributed by atoms with Crippen molar-refractivity contribution >= 4 is 21.9 Å². The van der Waals surface area contributed by atoms with Gasteiger partial charge in [-0.25, -0.2) is 0 Å². The van der Waals surface area contributed by atoms with Crippen LogP contribution in [0.15, 0.2) is 30.3 Å². The van der Waals surface area contributed by atoms with E-state index in [1.165, 1.54) is 12.7 Å². The number of ether oxygens (including phenoxy) is 4. The lowest BCUT2D eigenvalue weighted by atomic mass is 10.0. The van der Waals surface area contributed by atoms with E-state index in [0.29, 0.717) is 13.0 Å². The van der Waals surface area contributed by atoms with Crippen molar-refractivity contribution in [3.63, 3.8) is 0 Å². The summed E-state index contributed by atoms with van der Waals surface area (Å²) in [5, 5.41) is 0. The molecule has 0 bridgehead atoms. The predicted molar refractivity (Wildman–Crippen MR) is 103 cm³/mol. The fourth-order valence-electron chi connectivity index (χ4n) is 3.11. The summed E-state index contributed by atoms with van der Waals surface area (Å²) in [4.78, 5) is 11.3. The lowest BCUT2D eigenvalue weighted by molar-refractivity contribution is -0.299. The standard InChI is InChI=1S/C20H29BrO5/c1-20(2)25-16(13-17(26-20)18(21)19(22)23-3)11-7-8-12-24-14-15-9-5-4-6-10-15/h4-6,9-10,16-18H,7-8,11-14H2,1-3H3/t16-,17-,18?/m0/s1. The number of unbranched alkanes of at least 4 members (excludes halogenated alkanes) is 1. The Morgan fingerprint density at radius 2 is 2.00 bits per heavy atom. The molecule has 0 aromatic heterocycles. The Morgan fingerprint density at radius 1 is 1.27 bits per heavy atom. The molecular weight excluding hydrogens is 400 g/mol. The van der Waals surface area contributed by atoms with Crippen LogP contribution in [0.1, 0.15) is 45.1 Å². The average Bonchev–Trinajstić information content (AvgIpc) is 2.62. The van der Waals surface area contributed by atoms with Gasteiger partial charge in [-0.05, 0) is 38.7 Å². The van der Waals surface area contributed by atoms with Gasteiger partial charge in [0.2, 0.25) is 0 Å². The van der Waals surface area contributed by atoms with E-state index in [1.807, 2.05) is 32.0 Å². The number of esters is 1. The molecule has 6 heteroatoms. The van der Waals surface area contributed by atoms with Crippen molar-refractivity contribution < 1.29 is 23.7 Å². The first-order valence-corrected chi connectivity index (χ1v) is 10.0. The monoisotopic (exact) mass is 428 g/mol. The number of hydrogen-bond acceptors (Lipinski definition) is 5. The van der Waals surface area contributed by atoms with Gasteiger partial charge in [-0.1, -0.05) is 46.3 Å². The molecule has 1 aromatic carbocycles. The second-order valence-corrected chi connectivity index (χ2v) is 7.98. The highest BCUT2D eigenvalue weighted by molar-refractivity contribution is 9.10. The van der Waals surface area contributed by atoms with Crippen LogP contribution in [0.5, 0.6) is 0 Å². The first-order chi connectivity index (χ1) is 12.4. The summed E-state index contributed by atoms with van der Waals surface area (Å²) in [6, 6.07) is 10.2. The van der Waals surface area contributed by atoms with Crippen LogP contribution in [-0.4, -0.2) is 42.5 Å². The molecule has 1 aliphatic heterocycles. The third-order valence-corrected chi connectivity index (χ3v) is 5.27. The van der Waals surface area contributed by atoms with Crippen LogP contribution < -0.4 is 0 Å². The highest BCUT2D eigenvalue weighted by Crippen LogP contribution is 2.32. The molecule has 0 aliphatic carbocycles. The summed E-state index contributed by atoms with van der Waals surface area (Å²) in [5.74, 6) is -1.03. The van der Waals surface area contributed by atoms with Crippen LogP contribution in [0.3, 0.4) is 0 Å². The maximum atomic E-state index is 11.8. The van der Waals surface area contributed by atoms with Crippen LogP contribution in [0.25, 0.3) is 0 Å². The number of hydrogen-bond donors (Lipinski definition) is 0. The lowest BCUT2D eigenvalue weighted by Gasteiger charge is -2.42. The maximum Gasteiger partial charge on any atom is 0.322 e. The van der Waals surface area contributed by atoms with Gasteiger partial charge in [0.05, 0.1) is 25.9 Å². The number of methoxy groups -OCH3 is 1. The van der Waals surface area contributed by atoms with E-state index >= 15 is 0 Å². The molecule has 5 nitrogen and oxygen atoms in total. The third-order valence-electron chi connectivity index (χ3n) is 4.31. The molecule has 2 rings (SSSR count). The highest BCUT2D eigenvalue weighted by atomic mass is 79.9. The van der Waals surface area contributed by atoms with Gasteiger partial charge in [-0.15, -0.1) is 0 Å². The van der Waals surface area contributed by atoms with Crippen molar-refractivity contribution in [1.82, 2.24) is 0 Å². The molecule has 1 saturated heterocycles. The Morgan fingerprint density at radius 3 is 2.69 bits per heavy atom. The van der Waals surface area contributed by atoms with Crippen molar-refractivity contribution in [3.05, 3.63) is 35.9 Å². The largest absolute Gasteiger partial charge is 0.468 e. The fourth-order valence-corrected chi connectivity index (χ4v) is 3.62. The van der Waals surface area contributed by atoms with Crippen LogP contribution in [-0.2, 0) is 30.3 Å². The van der Waals surface area contributed by atoms with E-state index in [1.54, 1.807) is 0 Å². The molecule has 1 aliphatic rings. The average molecular weight is 429 g/mol. The fraction of sp³-hybridized carbons (Fsp3) is 0.650. The van der Waals surface area contributed by atoms with Crippen molar-refractivity contribution in [1.29, 1.82) is 0 Å². The van der Waals surface area contributed by atoms with Crippen LogP contribution >= 0.6 is 15.9 Å². The predicted octanol–water partition coefficient (Wildman–Crippen LogP) is 4.22. The minimum absolute atomic E-state index is 0.0579. The van der Waals surface area contributed by atoms with Gasteiger partial charge in [0.15, 0.2) is 5.79 Å². The molecule has 0 radical (unpaired) electrons. The molecule has 146 valence electrons. The molecule has 1 unspecified atom stereocenters. The van der Waals surface area contributed by atoms with Gasteiger partial charge in [0, 0.05) is 13.0 Å². The van der Waals surface area contributed by atoms with Gasteiger partial charge >= 0.3 is 5.97 Å². The molecular formula is C20H29BrO5. The zero-order chi connectivity index (χ0) is 19.0. The Hall–Kier alpha value is -0.950. The van der Waals surface area contributed by atoms with E-state index in [9.17, 15) is 4.79 Å². The number of benzene rings is 1. The van der Waals surface area contributed by atoms with E-state index < -0.39 is 10.6 Å². The number of rotatable bonds is 9. The summed E-state index contributed by atoms with van der Waals surface area (Å²) in [6.45, 7) is 5.14. The van der Waals surface area contributed by atoms with Gasteiger partial charge in [-0.3, -0.25) is 4.79 Å². The number of carbonyl (C=O) groups is 1. The molecule has 0 spiro atoms. The Labute approximate surface area is 164 Å². The van der Waals surface area contributed by atoms with Gasteiger partial charge in [-0.2, -0.15) is 0 Å². The summed E-state index contributed by atoms with van der Waals surface area (Å²) < 4.78 is 22.4. The number of alkyl halides is 1. The molecule has 1 heterocycles. The summed E-state index contributed by atoms with van der Waals surface area (Å²) in [7, 11) is 1.38. The lowest BCUT2D eigenvalue weighted by Crippen LogP contribution is -2.49. The normalized spacial score (nSPS) is 23.4. The molecule has 1 fully saturated rings. The highest BCUT2D eigenvalue weighted by Gasteiger charge is 2.40. The smallest absolute Gasteiger partial charge is 0.322 e. The molecule has 1 aromatic rings. The van der Waals surface area contributed by atoms with Gasteiger partial charge in [0.1, 0.15) is 4.83 Å². The number of halogens is 1. The van der Waals surface area contributed by atoms with Gasteiger partial charge < -0.3 is 18.9 Å². The number of carbonyl (C=O) groups excluding carboxylic acids is 1. The Bertz CT molecular complexity index is 548. The van der Waals surface area contributed by atoms with E-state index in [0.717, 1.165) is 25.9 Å². The van der Waals surface area contributed by atoms with E-state index in [-0.39, 0.29) is 18.2 Å². The second-order valence-electron chi connectivity index (χ2n) is 6.99. The third kappa shape index (κ3) is 6.99. The van der Waals surface area contributed by atoms with Crippen LogP contribution in [0.4, 0.5) is 0 Å². The van der Waals surface area contributed by atoms with Crippen molar-refractivity contribution in [2.24, 2.45) is 0 Å². The Balaban J connectivity index is 1.69. The van der Waals surface area contributed by atoms with Crippen LogP contribution in [0.2, 0.25) is 0 Å².